The highest BCUT2D eigenvalue weighted by Gasteiger charge is 2.26. The zero-order valence-electron chi connectivity index (χ0n) is 17.3. The summed E-state index contributed by atoms with van der Waals surface area (Å²) < 4.78 is 18.3. The number of rotatable bonds is 10. The summed E-state index contributed by atoms with van der Waals surface area (Å²) in [5, 5.41) is 2.89. The van der Waals surface area contributed by atoms with Gasteiger partial charge in [-0.3, -0.25) is 9.59 Å². The van der Waals surface area contributed by atoms with Crippen LogP contribution in [-0.2, 0) is 22.6 Å². The molecular weight excluding hydrogens is 371 g/mol. The van der Waals surface area contributed by atoms with Crippen LogP contribution in [-0.4, -0.2) is 36.4 Å². The van der Waals surface area contributed by atoms with Crippen molar-refractivity contribution < 1.29 is 18.7 Å². The maximum Gasteiger partial charge on any atom is 0.242 e. The summed E-state index contributed by atoms with van der Waals surface area (Å²) >= 11 is 0. The molecule has 156 valence electrons. The van der Waals surface area contributed by atoms with Crippen LogP contribution in [0.2, 0.25) is 0 Å². The Kier molecular flexibility index (Phi) is 8.65. The van der Waals surface area contributed by atoms with Crippen molar-refractivity contribution in [2.45, 2.75) is 45.7 Å². The number of ether oxygens (including phenoxy) is 1. The largest absolute Gasteiger partial charge is 0.497 e. The average Bonchev–Trinajstić information content (AvgIpc) is 2.73. The lowest BCUT2D eigenvalue weighted by Gasteiger charge is -2.29. The molecule has 5 nitrogen and oxygen atoms in total. The van der Waals surface area contributed by atoms with Gasteiger partial charge in [-0.15, -0.1) is 0 Å². The Labute approximate surface area is 171 Å². The Morgan fingerprint density at radius 2 is 1.69 bits per heavy atom. The van der Waals surface area contributed by atoms with Gasteiger partial charge in [0, 0.05) is 13.1 Å². The third kappa shape index (κ3) is 6.89. The number of halogens is 1. The van der Waals surface area contributed by atoms with E-state index in [2.05, 4.69) is 12.2 Å². The van der Waals surface area contributed by atoms with Gasteiger partial charge in [0.1, 0.15) is 17.6 Å². The van der Waals surface area contributed by atoms with Crippen LogP contribution >= 0.6 is 0 Å². The Balaban J connectivity index is 2.16. The van der Waals surface area contributed by atoms with Crippen molar-refractivity contribution in [3.8, 4) is 5.75 Å². The minimum Gasteiger partial charge on any atom is -0.497 e. The Morgan fingerprint density at radius 1 is 1.07 bits per heavy atom. The molecule has 1 atom stereocenters. The van der Waals surface area contributed by atoms with Crippen molar-refractivity contribution in [3.63, 3.8) is 0 Å². The fraction of sp³-hybridized carbons (Fsp3) is 0.391. The van der Waals surface area contributed by atoms with Gasteiger partial charge in [0.2, 0.25) is 11.8 Å². The van der Waals surface area contributed by atoms with Crippen LogP contribution in [0.4, 0.5) is 4.39 Å². The summed E-state index contributed by atoms with van der Waals surface area (Å²) in [5.41, 5.74) is 1.60. The van der Waals surface area contributed by atoms with Crippen LogP contribution in [0.25, 0.3) is 0 Å². The fourth-order valence-corrected chi connectivity index (χ4v) is 2.92. The average molecular weight is 400 g/mol. The van der Waals surface area contributed by atoms with Crippen LogP contribution in [0.5, 0.6) is 5.75 Å². The molecule has 2 amide bonds. The van der Waals surface area contributed by atoms with E-state index in [9.17, 15) is 14.0 Å². The number of carbonyl (C=O) groups excluding carboxylic acids is 2. The van der Waals surface area contributed by atoms with E-state index >= 15 is 0 Å². The van der Waals surface area contributed by atoms with Crippen LogP contribution in [0.3, 0.4) is 0 Å². The lowest BCUT2D eigenvalue weighted by molar-refractivity contribution is -0.140. The molecule has 0 aliphatic heterocycles. The molecule has 0 fully saturated rings. The van der Waals surface area contributed by atoms with Crippen LogP contribution in [0.15, 0.2) is 48.5 Å². The van der Waals surface area contributed by atoms with Gasteiger partial charge in [-0.25, -0.2) is 4.39 Å². The van der Waals surface area contributed by atoms with E-state index in [4.69, 9.17) is 4.74 Å². The normalized spacial score (nSPS) is 11.6. The zero-order chi connectivity index (χ0) is 21.2. The SMILES string of the molecule is CCCCNC(=O)[C@@H](C)N(Cc1ccc(OC)cc1)C(=O)Cc1ccc(F)cc1. The summed E-state index contributed by atoms with van der Waals surface area (Å²) in [7, 11) is 1.59. The van der Waals surface area contributed by atoms with E-state index in [0.717, 1.165) is 24.2 Å². The minimum absolute atomic E-state index is 0.100. The first-order chi connectivity index (χ1) is 13.9. The van der Waals surface area contributed by atoms with Gasteiger partial charge >= 0.3 is 0 Å². The third-order valence-corrected chi connectivity index (χ3v) is 4.78. The fourth-order valence-electron chi connectivity index (χ4n) is 2.92. The second-order valence-electron chi connectivity index (χ2n) is 6.99. The zero-order valence-corrected chi connectivity index (χ0v) is 17.3. The molecule has 0 aromatic heterocycles. The van der Waals surface area contributed by atoms with E-state index in [0.29, 0.717) is 18.7 Å². The van der Waals surface area contributed by atoms with E-state index in [1.54, 1.807) is 31.1 Å². The van der Waals surface area contributed by atoms with E-state index in [1.165, 1.54) is 12.1 Å². The standard InChI is InChI=1S/C23H29FN2O3/c1-4-5-14-25-23(28)17(2)26(16-19-8-12-21(29-3)13-9-19)22(27)15-18-6-10-20(24)11-7-18/h6-13,17H,4-5,14-16H2,1-3H3,(H,25,28)/t17-/m1/s1. The number of unbranched alkanes of at least 4 members (excludes halogenated alkanes) is 1. The molecule has 0 saturated carbocycles. The second-order valence-corrected chi connectivity index (χ2v) is 6.99. The molecule has 2 rings (SSSR count). The first kappa shape index (κ1) is 22.4. The van der Waals surface area contributed by atoms with Crippen LogP contribution < -0.4 is 10.1 Å². The van der Waals surface area contributed by atoms with Crippen molar-refractivity contribution >= 4 is 11.8 Å². The molecule has 0 bridgehead atoms. The lowest BCUT2D eigenvalue weighted by atomic mass is 10.1. The molecule has 29 heavy (non-hydrogen) atoms. The maximum absolute atomic E-state index is 13.2. The molecule has 0 unspecified atom stereocenters. The number of hydrogen-bond acceptors (Lipinski definition) is 3. The van der Waals surface area contributed by atoms with Gasteiger partial charge in [-0.2, -0.15) is 0 Å². The number of benzene rings is 2. The number of methoxy groups -OCH3 is 1. The van der Waals surface area contributed by atoms with Crippen LogP contribution in [0, 0.1) is 5.82 Å². The highest BCUT2D eigenvalue weighted by molar-refractivity contribution is 5.88. The number of hydrogen-bond donors (Lipinski definition) is 1. The number of nitrogens with zero attached hydrogens (tertiary/aromatic N) is 1. The van der Waals surface area contributed by atoms with E-state index in [-0.39, 0.29) is 24.1 Å². The quantitative estimate of drug-likeness (QED) is 0.619. The summed E-state index contributed by atoms with van der Waals surface area (Å²) in [6.07, 6.45) is 1.97. The van der Waals surface area contributed by atoms with Gasteiger partial charge in [-0.1, -0.05) is 37.6 Å². The summed E-state index contributed by atoms with van der Waals surface area (Å²) in [6.45, 7) is 4.67. The number of carbonyl (C=O) groups is 2. The maximum atomic E-state index is 13.2. The van der Waals surface area contributed by atoms with E-state index in [1.807, 2.05) is 24.3 Å². The van der Waals surface area contributed by atoms with Crippen molar-refractivity contribution in [2.24, 2.45) is 0 Å². The van der Waals surface area contributed by atoms with Crippen molar-refractivity contribution in [3.05, 3.63) is 65.5 Å². The van der Waals surface area contributed by atoms with Gasteiger partial charge in [0.15, 0.2) is 0 Å². The molecule has 0 aliphatic carbocycles. The van der Waals surface area contributed by atoms with Crippen molar-refractivity contribution in [1.29, 1.82) is 0 Å². The molecule has 0 radical (unpaired) electrons. The van der Waals surface area contributed by atoms with Gasteiger partial charge in [0.05, 0.1) is 13.5 Å². The van der Waals surface area contributed by atoms with Gasteiger partial charge < -0.3 is 15.0 Å². The van der Waals surface area contributed by atoms with Crippen molar-refractivity contribution in [1.82, 2.24) is 10.2 Å². The molecule has 2 aromatic rings. The predicted molar refractivity (Wildman–Crippen MR) is 111 cm³/mol. The summed E-state index contributed by atoms with van der Waals surface area (Å²) in [4.78, 5) is 27.2. The number of nitrogens with one attached hydrogen (secondary N) is 1. The summed E-state index contributed by atoms with van der Waals surface area (Å²) in [6, 6.07) is 12.6. The molecule has 0 spiro atoms. The molecule has 6 heteroatoms. The molecule has 0 heterocycles. The Morgan fingerprint density at radius 3 is 2.28 bits per heavy atom. The molecule has 1 N–H and O–H groups in total. The van der Waals surface area contributed by atoms with Crippen LogP contribution in [0.1, 0.15) is 37.8 Å². The first-order valence-corrected chi connectivity index (χ1v) is 9.89. The first-order valence-electron chi connectivity index (χ1n) is 9.89. The minimum atomic E-state index is -0.623. The van der Waals surface area contributed by atoms with Crippen molar-refractivity contribution in [2.75, 3.05) is 13.7 Å². The topological polar surface area (TPSA) is 58.6 Å². The van der Waals surface area contributed by atoms with E-state index < -0.39 is 6.04 Å². The second kappa shape index (κ2) is 11.2. The monoisotopic (exact) mass is 400 g/mol. The highest BCUT2D eigenvalue weighted by Crippen LogP contribution is 2.16. The highest BCUT2D eigenvalue weighted by atomic mass is 19.1. The van der Waals surface area contributed by atoms with Gasteiger partial charge in [0.25, 0.3) is 0 Å². The predicted octanol–water partition coefficient (Wildman–Crippen LogP) is 3.71. The van der Waals surface area contributed by atoms with Gasteiger partial charge in [-0.05, 0) is 48.7 Å². The Hall–Kier alpha value is -2.89. The molecular formula is C23H29FN2O3. The third-order valence-electron chi connectivity index (χ3n) is 4.78. The lowest BCUT2D eigenvalue weighted by Crippen LogP contribution is -2.48. The molecule has 2 aromatic carbocycles. The number of amides is 2. The Bertz CT molecular complexity index is 791. The smallest absolute Gasteiger partial charge is 0.242 e. The molecule has 0 aliphatic rings. The summed E-state index contributed by atoms with van der Waals surface area (Å²) in [5.74, 6) is 0.00763. The molecule has 0 saturated heterocycles.